The molecule has 0 aliphatic heterocycles. The quantitative estimate of drug-likeness (QED) is 0.762. The van der Waals surface area contributed by atoms with Gasteiger partial charge in [-0.2, -0.15) is 0 Å². The highest BCUT2D eigenvalue weighted by Gasteiger charge is 2.43. The monoisotopic (exact) mass is 250 g/mol. The SMILES string of the molecule is CCOC1(C(=O)c2cc(C)ccc2F)CCCC1. The molecule has 1 aromatic rings. The highest BCUT2D eigenvalue weighted by atomic mass is 19.1. The average molecular weight is 250 g/mol. The van der Waals surface area contributed by atoms with Gasteiger partial charge in [0.05, 0.1) is 5.56 Å². The van der Waals surface area contributed by atoms with Gasteiger partial charge in [-0.05, 0) is 51.7 Å². The maximum atomic E-state index is 13.8. The Bertz CT molecular complexity index is 448. The van der Waals surface area contributed by atoms with Crippen molar-refractivity contribution in [2.75, 3.05) is 6.61 Å². The zero-order valence-electron chi connectivity index (χ0n) is 11.0. The first-order valence-corrected chi connectivity index (χ1v) is 6.54. The van der Waals surface area contributed by atoms with Crippen molar-refractivity contribution >= 4 is 5.78 Å². The second-order valence-corrected chi connectivity index (χ2v) is 4.95. The molecule has 1 saturated carbocycles. The average Bonchev–Trinajstić information content (AvgIpc) is 2.82. The standard InChI is InChI=1S/C15H19FO2/c1-3-18-15(8-4-5-9-15)14(17)12-10-11(2)6-7-13(12)16/h6-7,10H,3-5,8-9H2,1-2H3. The molecule has 0 unspecified atom stereocenters. The number of aryl methyl sites for hydroxylation is 1. The van der Waals surface area contributed by atoms with Crippen molar-refractivity contribution in [3.63, 3.8) is 0 Å². The summed E-state index contributed by atoms with van der Waals surface area (Å²) in [6, 6.07) is 4.65. The molecule has 2 rings (SSSR count). The van der Waals surface area contributed by atoms with Crippen molar-refractivity contribution in [3.8, 4) is 0 Å². The number of ether oxygens (including phenoxy) is 1. The third-order valence-electron chi connectivity index (χ3n) is 3.61. The van der Waals surface area contributed by atoms with Gasteiger partial charge >= 0.3 is 0 Å². The molecule has 18 heavy (non-hydrogen) atoms. The van der Waals surface area contributed by atoms with Crippen molar-refractivity contribution in [1.82, 2.24) is 0 Å². The summed E-state index contributed by atoms with van der Waals surface area (Å²) in [4.78, 5) is 12.6. The fraction of sp³-hybridized carbons (Fsp3) is 0.533. The van der Waals surface area contributed by atoms with Gasteiger partial charge in [-0.15, -0.1) is 0 Å². The summed E-state index contributed by atoms with van der Waals surface area (Å²) in [7, 11) is 0. The van der Waals surface area contributed by atoms with Crippen LogP contribution in [0.15, 0.2) is 18.2 Å². The highest BCUT2D eigenvalue weighted by molar-refractivity contribution is 6.03. The summed E-state index contributed by atoms with van der Waals surface area (Å²) < 4.78 is 19.5. The molecule has 0 atom stereocenters. The van der Waals surface area contributed by atoms with Crippen LogP contribution in [-0.4, -0.2) is 18.0 Å². The molecule has 0 radical (unpaired) electrons. The minimum Gasteiger partial charge on any atom is -0.367 e. The molecule has 0 saturated heterocycles. The number of halogens is 1. The number of hydrogen-bond acceptors (Lipinski definition) is 2. The summed E-state index contributed by atoms with van der Waals surface area (Å²) in [5.41, 5.74) is 0.276. The molecule has 1 aliphatic rings. The van der Waals surface area contributed by atoms with Crippen LogP contribution in [0.2, 0.25) is 0 Å². The predicted molar refractivity (Wildman–Crippen MR) is 68.3 cm³/mol. The van der Waals surface area contributed by atoms with Gasteiger partial charge in [0.2, 0.25) is 0 Å². The molecule has 98 valence electrons. The van der Waals surface area contributed by atoms with Gasteiger partial charge in [-0.1, -0.05) is 11.6 Å². The lowest BCUT2D eigenvalue weighted by Gasteiger charge is -2.27. The first-order chi connectivity index (χ1) is 8.59. The Labute approximate surface area is 107 Å². The Morgan fingerprint density at radius 3 is 2.67 bits per heavy atom. The van der Waals surface area contributed by atoms with E-state index in [1.165, 1.54) is 6.07 Å². The Balaban J connectivity index is 2.36. The number of carbonyl (C=O) groups is 1. The molecule has 0 spiro atoms. The third kappa shape index (κ3) is 2.32. The predicted octanol–water partition coefficient (Wildman–Crippen LogP) is 3.67. The molecule has 3 heteroatoms. The van der Waals surface area contributed by atoms with Crippen LogP contribution < -0.4 is 0 Å². The zero-order chi connectivity index (χ0) is 13.2. The molecule has 0 bridgehead atoms. The van der Waals surface area contributed by atoms with Crippen LogP contribution in [0, 0.1) is 12.7 Å². The normalized spacial score (nSPS) is 17.9. The van der Waals surface area contributed by atoms with Gasteiger partial charge in [-0.3, -0.25) is 4.79 Å². The second-order valence-electron chi connectivity index (χ2n) is 4.95. The van der Waals surface area contributed by atoms with Crippen molar-refractivity contribution in [3.05, 3.63) is 35.1 Å². The third-order valence-corrected chi connectivity index (χ3v) is 3.61. The maximum Gasteiger partial charge on any atom is 0.197 e. The molecule has 1 fully saturated rings. The van der Waals surface area contributed by atoms with Crippen molar-refractivity contribution in [2.45, 2.75) is 45.1 Å². The Kier molecular flexibility index (Phi) is 3.81. The van der Waals surface area contributed by atoms with Crippen molar-refractivity contribution in [2.24, 2.45) is 0 Å². The molecule has 0 heterocycles. The summed E-state index contributed by atoms with van der Waals surface area (Å²) in [6.45, 7) is 4.22. The minimum atomic E-state index is -0.788. The van der Waals surface area contributed by atoms with E-state index in [0.29, 0.717) is 19.4 Å². The smallest absolute Gasteiger partial charge is 0.197 e. The lowest BCUT2D eigenvalue weighted by Crippen LogP contribution is -2.39. The molecular formula is C15H19FO2. The van der Waals surface area contributed by atoms with Gasteiger partial charge in [0.15, 0.2) is 5.78 Å². The van der Waals surface area contributed by atoms with Crippen LogP contribution in [0.5, 0.6) is 0 Å². The fourth-order valence-electron chi connectivity index (χ4n) is 2.72. The summed E-state index contributed by atoms with van der Waals surface area (Å²) in [6.07, 6.45) is 3.35. The highest BCUT2D eigenvalue weighted by Crippen LogP contribution is 2.36. The summed E-state index contributed by atoms with van der Waals surface area (Å²) in [5, 5.41) is 0. The molecule has 0 N–H and O–H groups in total. The van der Waals surface area contributed by atoms with E-state index >= 15 is 0 Å². The molecular weight excluding hydrogens is 231 g/mol. The van der Waals surface area contributed by atoms with E-state index in [1.54, 1.807) is 12.1 Å². The fourth-order valence-corrected chi connectivity index (χ4v) is 2.72. The lowest BCUT2D eigenvalue weighted by atomic mass is 9.90. The number of Topliss-reactive ketones (excluding diaryl/α,β-unsaturated/α-hetero) is 1. The topological polar surface area (TPSA) is 26.3 Å². The zero-order valence-corrected chi connectivity index (χ0v) is 11.0. The Morgan fingerprint density at radius 1 is 1.39 bits per heavy atom. The van der Waals surface area contributed by atoms with Crippen molar-refractivity contribution in [1.29, 1.82) is 0 Å². The first kappa shape index (κ1) is 13.2. The Morgan fingerprint density at radius 2 is 2.06 bits per heavy atom. The summed E-state index contributed by atoms with van der Waals surface area (Å²) in [5.74, 6) is -0.639. The number of rotatable bonds is 4. The van der Waals surface area contributed by atoms with E-state index < -0.39 is 11.4 Å². The molecule has 2 nitrogen and oxygen atoms in total. The Hall–Kier alpha value is -1.22. The van der Waals surface area contributed by atoms with Crippen LogP contribution in [-0.2, 0) is 4.74 Å². The van der Waals surface area contributed by atoms with E-state index in [2.05, 4.69) is 0 Å². The van der Waals surface area contributed by atoms with Crippen LogP contribution in [0.1, 0.15) is 48.5 Å². The van der Waals surface area contributed by atoms with E-state index in [9.17, 15) is 9.18 Å². The molecule has 1 aromatic carbocycles. The van der Waals surface area contributed by atoms with Crippen LogP contribution in [0.4, 0.5) is 4.39 Å². The molecule has 0 amide bonds. The number of hydrogen-bond donors (Lipinski definition) is 0. The van der Waals surface area contributed by atoms with Gasteiger partial charge < -0.3 is 4.74 Å². The van der Waals surface area contributed by atoms with Gasteiger partial charge in [0, 0.05) is 6.61 Å². The van der Waals surface area contributed by atoms with E-state index in [4.69, 9.17) is 4.74 Å². The van der Waals surface area contributed by atoms with Crippen LogP contribution >= 0.6 is 0 Å². The number of carbonyl (C=O) groups excluding carboxylic acids is 1. The van der Waals surface area contributed by atoms with Crippen LogP contribution in [0.25, 0.3) is 0 Å². The van der Waals surface area contributed by atoms with Crippen LogP contribution in [0.3, 0.4) is 0 Å². The number of benzene rings is 1. The van der Waals surface area contributed by atoms with Gasteiger partial charge in [-0.25, -0.2) is 4.39 Å². The summed E-state index contributed by atoms with van der Waals surface area (Å²) >= 11 is 0. The largest absolute Gasteiger partial charge is 0.367 e. The van der Waals surface area contributed by atoms with Gasteiger partial charge in [0.1, 0.15) is 11.4 Å². The lowest BCUT2D eigenvalue weighted by molar-refractivity contribution is -0.0166. The maximum absolute atomic E-state index is 13.8. The van der Waals surface area contributed by atoms with Crippen molar-refractivity contribution < 1.29 is 13.9 Å². The number of ketones is 1. The van der Waals surface area contributed by atoms with E-state index in [-0.39, 0.29) is 11.3 Å². The van der Waals surface area contributed by atoms with E-state index in [0.717, 1.165) is 18.4 Å². The molecule has 0 aromatic heterocycles. The molecule has 1 aliphatic carbocycles. The first-order valence-electron chi connectivity index (χ1n) is 6.54. The second kappa shape index (κ2) is 5.19. The van der Waals surface area contributed by atoms with E-state index in [1.807, 2.05) is 13.8 Å². The van der Waals surface area contributed by atoms with Gasteiger partial charge in [0.25, 0.3) is 0 Å². The minimum absolute atomic E-state index is 0.172.